The number of hydrogen-bond donors (Lipinski definition) is 1. The van der Waals surface area contributed by atoms with Crippen LogP contribution in [0.1, 0.15) is 34.1 Å². The van der Waals surface area contributed by atoms with Crippen LogP contribution >= 0.6 is 11.8 Å². The van der Waals surface area contributed by atoms with Crippen LogP contribution < -0.4 is 0 Å². The van der Waals surface area contributed by atoms with Crippen molar-refractivity contribution in [2.24, 2.45) is 0 Å². The highest BCUT2D eigenvalue weighted by atomic mass is 32.2. The van der Waals surface area contributed by atoms with Gasteiger partial charge >= 0.3 is 0 Å². The standard InChI is InChI=1S/C9H18O2S/c1-5-9(11)8(4)12-7(3)6(2)10/h6-8,10H,5H2,1-4H3. The average molecular weight is 190 g/mol. The van der Waals surface area contributed by atoms with Crippen molar-refractivity contribution in [1.29, 1.82) is 0 Å². The SMILES string of the molecule is CCC(=O)C(C)SC(C)C(C)O. The van der Waals surface area contributed by atoms with Crippen LogP contribution in [0.15, 0.2) is 0 Å². The van der Waals surface area contributed by atoms with Crippen LogP contribution in [0.4, 0.5) is 0 Å². The molecular weight excluding hydrogens is 172 g/mol. The van der Waals surface area contributed by atoms with E-state index in [-0.39, 0.29) is 22.4 Å². The quantitative estimate of drug-likeness (QED) is 0.719. The summed E-state index contributed by atoms with van der Waals surface area (Å²) in [5.74, 6) is 0.257. The van der Waals surface area contributed by atoms with Gasteiger partial charge in [0.25, 0.3) is 0 Å². The number of thioether (sulfide) groups is 1. The Bertz CT molecular complexity index is 145. The molecule has 0 aliphatic carbocycles. The Balaban J connectivity index is 3.83. The van der Waals surface area contributed by atoms with Gasteiger partial charge in [0, 0.05) is 11.7 Å². The summed E-state index contributed by atoms with van der Waals surface area (Å²) in [7, 11) is 0. The summed E-state index contributed by atoms with van der Waals surface area (Å²) < 4.78 is 0. The number of carbonyl (C=O) groups excluding carboxylic acids is 1. The third-order valence-corrected chi connectivity index (χ3v) is 3.39. The predicted molar refractivity (Wildman–Crippen MR) is 53.5 cm³/mol. The van der Waals surface area contributed by atoms with Crippen molar-refractivity contribution in [3.8, 4) is 0 Å². The monoisotopic (exact) mass is 190 g/mol. The van der Waals surface area contributed by atoms with Crippen molar-refractivity contribution < 1.29 is 9.90 Å². The van der Waals surface area contributed by atoms with Crippen LogP contribution in [0.25, 0.3) is 0 Å². The van der Waals surface area contributed by atoms with Gasteiger partial charge in [-0.2, -0.15) is 0 Å². The molecular formula is C9H18O2S. The van der Waals surface area contributed by atoms with Gasteiger partial charge in [-0.05, 0) is 13.8 Å². The van der Waals surface area contributed by atoms with E-state index in [2.05, 4.69) is 0 Å². The molecule has 0 saturated heterocycles. The van der Waals surface area contributed by atoms with Gasteiger partial charge in [-0.1, -0.05) is 13.8 Å². The highest BCUT2D eigenvalue weighted by Gasteiger charge is 2.17. The van der Waals surface area contributed by atoms with Crippen LogP contribution in [-0.2, 0) is 4.79 Å². The lowest BCUT2D eigenvalue weighted by Gasteiger charge is -2.17. The molecule has 0 heterocycles. The summed E-state index contributed by atoms with van der Waals surface area (Å²) >= 11 is 1.54. The first kappa shape index (κ1) is 12.0. The molecule has 3 heteroatoms. The highest BCUT2D eigenvalue weighted by molar-refractivity contribution is 8.01. The van der Waals surface area contributed by atoms with Crippen LogP contribution in [0, 0.1) is 0 Å². The molecule has 2 nitrogen and oxygen atoms in total. The fourth-order valence-corrected chi connectivity index (χ4v) is 1.99. The van der Waals surface area contributed by atoms with Crippen LogP contribution in [0.3, 0.4) is 0 Å². The maximum Gasteiger partial charge on any atom is 0.145 e. The van der Waals surface area contributed by atoms with Crippen molar-refractivity contribution in [3.05, 3.63) is 0 Å². The number of Topliss-reactive ketones (excluding diaryl/α,β-unsaturated/α-hetero) is 1. The molecule has 3 unspecified atom stereocenters. The van der Waals surface area contributed by atoms with E-state index < -0.39 is 0 Å². The van der Waals surface area contributed by atoms with Crippen LogP contribution in [-0.4, -0.2) is 27.5 Å². The lowest BCUT2D eigenvalue weighted by Crippen LogP contribution is -2.22. The summed E-state index contributed by atoms with van der Waals surface area (Å²) in [6.07, 6.45) is 0.239. The first-order chi connectivity index (χ1) is 5.49. The molecule has 0 aliphatic heterocycles. The summed E-state index contributed by atoms with van der Waals surface area (Å²) in [6, 6.07) is 0. The van der Waals surface area contributed by atoms with Crippen molar-refractivity contribution in [2.45, 2.75) is 50.7 Å². The van der Waals surface area contributed by atoms with Crippen molar-refractivity contribution in [2.75, 3.05) is 0 Å². The maximum absolute atomic E-state index is 11.2. The van der Waals surface area contributed by atoms with E-state index in [4.69, 9.17) is 0 Å². The maximum atomic E-state index is 11.2. The Hall–Kier alpha value is -0.0200. The second-order valence-corrected chi connectivity index (χ2v) is 4.77. The van der Waals surface area contributed by atoms with Gasteiger partial charge in [0.15, 0.2) is 0 Å². The minimum atomic E-state index is -0.345. The number of rotatable bonds is 5. The molecule has 0 saturated carbocycles. The molecule has 0 radical (unpaired) electrons. The lowest BCUT2D eigenvalue weighted by atomic mass is 10.2. The fourth-order valence-electron chi connectivity index (χ4n) is 0.799. The minimum Gasteiger partial charge on any atom is -0.392 e. The lowest BCUT2D eigenvalue weighted by molar-refractivity contribution is -0.118. The normalized spacial score (nSPS) is 18.4. The second-order valence-electron chi connectivity index (χ2n) is 3.04. The Morgan fingerprint density at radius 2 is 1.92 bits per heavy atom. The zero-order valence-corrected chi connectivity index (χ0v) is 9.02. The summed E-state index contributed by atoms with van der Waals surface area (Å²) in [4.78, 5) is 11.2. The Morgan fingerprint density at radius 3 is 2.25 bits per heavy atom. The molecule has 0 rings (SSSR count). The van der Waals surface area contributed by atoms with Gasteiger partial charge in [0.05, 0.1) is 11.4 Å². The van der Waals surface area contributed by atoms with E-state index in [0.29, 0.717) is 6.42 Å². The molecule has 72 valence electrons. The Kier molecular flexibility index (Phi) is 5.59. The molecule has 0 bridgehead atoms. The third kappa shape index (κ3) is 4.12. The van der Waals surface area contributed by atoms with E-state index in [0.717, 1.165) is 0 Å². The fraction of sp³-hybridized carbons (Fsp3) is 0.889. The van der Waals surface area contributed by atoms with E-state index in [9.17, 15) is 9.90 Å². The molecule has 0 aromatic carbocycles. The molecule has 0 aromatic rings. The van der Waals surface area contributed by atoms with Gasteiger partial charge in [-0.15, -0.1) is 11.8 Å². The molecule has 0 aromatic heterocycles. The first-order valence-electron chi connectivity index (χ1n) is 4.35. The van der Waals surface area contributed by atoms with E-state index in [1.807, 2.05) is 20.8 Å². The molecule has 12 heavy (non-hydrogen) atoms. The molecule has 1 N–H and O–H groups in total. The Labute approximate surface area is 78.7 Å². The third-order valence-electron chi connectivity index (χ3n) is 1.90. The summed E-state index contributed by atoms with van der Waals surface area (Å²) in [6.45, 7) is 7.46. The van der Waals surface area contributed by atoms with Crippen molar-refractivity contribution in [1.82, 2.24) is 0 Å². The van der Waals surface area contributed by atoms with Crippen molar-refractivity contribution >= 4 is 17.5 Å². The van der Waals surface area contributed by atoms with Crippen LogP contribution in [0.5, 0.6) is 0 Å². The smallest absolute Gasteiger partial charge is 0.145 e. The highest BCUT2D eigenvalue weighted by Crippen LogP contribution is 2.21. The van der Waals surface area contributed by atoms with Gasteiger partial charge in [0.2, 0.25) is 0 Å². The zero-order valence-electron chi connectivity index (χ0n) is 8.20. The van der Waals surface area contributed by atoms with Gasteiger partial charge in [0.1, 0.15) is 5.78 Å². The minimum absolute atomic E-state index is 0.0135. The number of aliphatic hydroxyl groups is 1. The van der Waals surface area contributed by atoms with Gasteiger partial charge in [-0.3, -0.25) is 4.79 Å². The average Bonchev–Trinajstić information content (AvgIpc) is 2.02. The number of ketones is 1. The molecule has 0 amide bonds. The van der Waals surface area contributed by atoms with Gasteiger partial charge in [-0.25, -0.2) is 0 Å². The zero-order chi connectivity index (χ0) is 9.72. The van der Waals surface area contributed by atoms with Crippen LogP contribution in [0.2, 0.25) is 0 Å². The predicted octanol–water partition coefficient (Wildman–Crippen LogP) is 1.86. The number of aliphatic hydroxyl groups excluding tert-OH is 1. The molecule has 3 atom stereocenters. The molecule has 0 spiro atoms. The summed E-state index contributed by atoms with van der Waals surface area (Å²) in [5, 5.41) is 9.34. The number of carbonyl (C=O) groups is 1. The Morgan fingerprint density at radius 1 is 1.42 bits per heavy atom. The van der Waals surface area contributed by atoms with E-state index in [1.54, 1.807) is 18.7 Å². The topological polar surface area (TPSA) is 37.3 Å². The molecule has 0 fully saturated rings. The van der Waals surface area contributed by atoms with E-state index >= 15 is 0 Å². The molecule has 0 aliphatic rings. The summed E-state index contributed by atoms with van der Waals surface area (Å²) in [5.41, 5.74) is 0. The largest absolute Gasteiger partial charge is 0.392 e. The van der Waals surface area contributed by atoms with Crippen molar-refractivity contribution in [3.63, 3.8) is 0 Å². The van der Waals surface area contributed by atoms with Gasteiger partial charge < -0.3 is 5.11 Å². The second kappa shape index (κ2) is 5.60. The van der Waals surface area contributed by atoms with E-state index in [1.165, 1.54) is 0 Å². The first-order valence-corrected chi connectivity index (χ1v) is 5.29. The number of hydrogen-bond acceptors (Lipinski definition) is 3.